The Morgan fingerprint density at radius 3 is 2.56 bits per heavy atom. The molecule has 1 saturated heterocycles. The Hall–Kier alpha value is -2.93. The minimum absolute atomic E-state index is 0.0509. The number of rotatable bonds is 4. The average molecular weight is 438 g/mol. The quantitative estimate of drug-likeness (QED) is 0.768. The molecule has 1 unspecified atom stereocenters. The summed E-state index contributed by atoms with van der Waals surface area (Å²) in [5.41, 5.74) is 3.11. The summed E-state index contributed by atoms with van der Waals surface area (Å²) in [6, 6.07) is 7.76. The lowest BCUT2D eigenvalue weighted by atomic mass is 9.95. The molecule has 3 heterocycles. The highest BCUT2D eigenvalue weighted by Gasteiger charge is 2.31. The van der Waals surface area contributed by atoms with E-state index in [0.29, 0.717) is 44.0 Å². The van der Waals surface area contributed by atoms with Gasteiger partial charge in [0.25, 0.3) is 17.4 Å². The first-order valence-corrected chi connectivity index (χ1v) is 11.4. The van der Waals surface area contributed by atoms with Gasteiger partial charge in [0.15, 0.2) is 0 Å². The van der Waals surface area contributed by atoms with Crippen LogP contribution in [0.15, 0.2) is 35.3 Å². The third kappa shape index (κ3) is 4.63. The van der Waals surface area contributed by atoms with Crippen molar-refractivity contribution in [2.24, 2.45) is 5.92 Å². The van der Waals surface area contributed by atoms with Crippen molar-refractivity contribution in [3.63, 3.8) is 0 Å². The minimum atomic E-state index is -0.550. The Morgan fingerprint density at radius 1 is 1.12 bits per heavy atom. The molecule has 170 valence electrons. The number of nitrogens with one attached hydrogen (secondary N) is 1. The number of pyridine rings is 1. The summed E-state index contributed by atoms with van der Waals surface area (Å²) in [7, 11) is 0. The van der Waals surface area contributed by atoms with Crippen molar-refractivity contribution in [3.05, 3.63) is 68.6 Å². The molecule has 0 saturated carbocycles. The van der Waals surface area contributed by atoms with Crippen molar-refractivity contribution in [1.29, 1.82) is 0 Å². The van der Waals surface area contributed by atoms with Crippen molar-refractivity contribution in [1.82, 2.24) is 14.8 Å². The van der Waals surface area contributed by atoms with E-state index in [4.69, 9.17) is 0 Å². The number of likely N-dealkylation sites (tertiary alicyclic amines) is 1. The molecule has 7 nitrogen and oxygen atoms in total. The molecular weight excluding hydrogens is 406 g/mol. The molecule has 2 N–H and O–H groups in total. The standard InChI is InChI=1S/C25H31N3O4/c1-16(2)12-17-5-7-18(8-6-17)24(31)28-11-9-21-19(14-28)13-26-23(30)22(21)25(32)27-10-3-4-20(29)15-27/h5-8,13,16,20,29H,3-4,9-12,14-15H2,1-2H3,(H,26,30). The SMILES string of the molecule is CC(C)Cc1ccc(C(=O)N2CCc3c(c[nH]c(=O)c3C(=O)N3CCCC(O)C3)C2)cc1. The van der Waals surface area contributed by atoms with Gasteiger partial charge in [-0.05, 0) is 60.4 Å². The number of piperidine rings is 1. The Balaban J connectivity index is 1.53. The van der Waals surface area contributed by atoms with Crippen LogP contribution in [0.4, 0.5) is 0 Å². The van der Waals surface area contributed by atoms with Crippen LogP contribution in [0.3, 0.4) is 0 Å². The van der Waals surface area contributed by atoms with Crippen LogP contribution in [0.2, 0.25) is 0 Å². The zero-order valence-corrected chi connectivity index (χ0v) is 18.8. The van der Waals surface area contributed by atoms with Crippen LogP contribution in [-0.2, 0) is 19.4 Å². The van der Waals surface area contributed by atoms with Crippen LogP contribution in [0.5, 0.6) is 0 Å². The van der Waals surface area contributed by atoms with Crippen LogP contribution in [0, 0.1) is 5.92 Å². The van der Waals surface area contributed by atoms with Gasteiger partial charge < -0.3 is 19.9 Å². The zero-order chi connectivity index (χ0) is 22.8. The van der Waals surface area contributed by atoms with Gasteiger partial charge in [0, 0.05) is 37.9 Å². The van der Waals surface area contributed by atoms with E-state index in [0.717, 1.165) is 24.0 Å². The van der Waals surface area contributed by atoms with Crippen LogP contribution >= 0.6 is 0 Å². The zero-order valence-electron chi connectivity index (χ0n) is 18.8. The molecule has 0 bridgehead atoms. The number of H-pyrrole nitrogens is 1. The summed E-state index contributed by atoms with van der Waals surface area (Å²) in [5, 5.41) is 9.92. The monoisotopic (exact) mass is 437 g/mol. The molecule has 2 aliphatic heterocycles. The Bertz CT molecular complexity index is 1060. The van der Waals surface area contributed by atoms with Crippen LogP contribution in [-0.4, -0.2) is 57.4 Å². The van der Waals surface area contributed by atoms with E-state index in [-0.39, 0.29) is 23.9 Å². The first-order valence-electron chi connectivity index (χ1n) is 11.4. The van der Waals surface area contributed by atoms with E-state index in [1.54, 1.807) is 16.0 Å². The van der Waals surface area contributed by atoms with Gasteiger partial charge in [-0.15, -0.1) is 0 Å². The number of hydrogen-bond donors (Lipinski definition) is 2. The predicted octanol–water partition coefficient (Wildman–Crippen LogP) is 2.37. The molecule has 0 spiro atoms. The molecule has 2 aromatic rings. The molecule has 2 amide bonds. The van der Waals surface area contributed by atoms with Crippen LogP contribution in [0.25, 0.3) is 0 Å². The molecule has 1 atom stereocenters. The summed E-state index contributed by atoms with van der Waals surface area (Å²) >= 11 is 0. The molecule has 0 aliphatic carbocycles. The molecule has 1 fully saturated rings. The van der Waals surface area contributed by atoms with Gasteiger partial charge >= 0.3 is 0 Å². The predicted molar refractivity (Wildman–Crippen MR) is 122 cm³/mol. The number of β-amino-alcohol motifs (C(OH)–C–C–N with tert-alkyl or cyclic N) is 1. The minimum Gasteiger partial charge on any atom is -0.391 e. The van der Waals surface area contributed by atoms with Gasteiger partial charge in [-0.25, -0.2) is 0 Å². The van der Waals surface area contributed by atoms with E-state index in [1.807, 2.05) is 24.3 Å². The third-order valence-electron chi connectivity index (χ3n) is 6.32. The molecular formula is C25H31N3O4. The number of aliphatic hydroxyl groups excluding tert-OH is 1. The topological polar surface area (TPSA) is 93.7 Å². The highest BCUT2D eigenvalue weighted by atomic mass is 16.3. The third-order valence-corrected chi connectivity index (χ3v) is 6.32. The number of hydrogen-bond acceptors (Lipinski definition) is 4. The molecule has 0 radical (unpaired) electrons. The highest BCUT2D eigenvalue weighted by Crippen LogP contribution is 2.24. The van der Waals surface area contributed by atoms with Crippen LogP contribution < -0.4 is 5.56 Å². The molecule has 1 aromatic carbocycles. The number of aromatic nitrogens is 1. The molecule has 2 aliphatic rings. The lowest BCUT2D eigenvalue weighted by molar-refractivity contribution is 0.0470. The number of aromatic amines is 1. The van der Waals surface area contributed by atoms with Gasteiger partial charge in [0.05, 0.1) is 6.10 Å². The summed E-state index contributed by atoms with van der Waals surface area (Å²) in [6.07, 6.45) is 3.88. The van der Waals surface area contributed by atoms with Crippen molar-refractivity contribution in [2.75, 3.05) is 19.6 Å². The number of benzene rings is 1. The van der Waals surface area contributed by atoms with E-state index in [9.17, 15) is 19.5 Å². The second-order valence-corrected chi connectivity index (χ2v) is 9.32. The summed E-state index contributed by atoms with van der Waals surface area (Å²) in [4.78, 5) is 44.7. The summed E-state index contributed by atoms with van der Waals surface area (Å²) < 4.78 is 0. The maximum absolute atomic E-state index is 13.1. The van der Waals surface area contributed by atoms with Crippen LogP contribution in [0.1, 0.15) is 64.1 Å². The number of carbonyl (C=O) groups excluding carboxylic acids is 2. The van der Waals surface area contributed by atoms with Gasteiger partial charge in [-0.3, -0.25) is 14.4 Å². The number of nitrogens with zero attached hydrogens (tertiary/aromatic N) is 2. The fraction of sp³-hybridized carbons (Fsp3) is 0.480. The Kier molecular flexibility index (Phi) is 6.46. The lowest BCUT2D eigenvalue weighted by Gasteiger charge is -2.33. The Labute approximate surface area is 188 Å². The summed E-state index contributed by atoms with van der Waals surface area (Å²) in [6.45, 7) is 5.92. The molecule has 32 heavy (non-hydrogen) atoms. The average Bonchev–Trinajstić information content (AvgIpc) is 2.78. The van der Waals surface area contributed by atoms with Gasteiger partial charge in [0.1, 0.15) is 5.56 Å². The number of aliphatic hydroxyl groups is 1. The fourth-order valence-corrected chi connectivity index (χ4v) is 4.70. The van der Waals surface area contributed by atoms with Gasteiger partial charge in [-0.1, -0.05) is 26.0 Å². The smallest absolute Gasteiger partial charge is 0.261 e. The first-order chi connectivity index (χ1) is 15.3. The maximum Gasteiger partial charge on any atom is 0.261 e. The van der Waals surface area contributed by atoms with Crippen molar-refractivity contribution in [3.8, 4) is 0 Å². The number of amides is 2. The molecule has 7 heteroatoms. The van der Waals surface area contributed by atoms with E-state index >= 15 is 0 Å². The fourth-order valence-electron chi connectivity index (χ4n) is 4.70. The molecule has 4 rings (SSSR count). The van der Waals surface area contributed by atoms with Crippen molar-refractivity contribution < 1.29 is 14.7 Å². The maximum atomic E-state index is 13.1. The number of fused-ring (bicyclic) bond motifs is 1. The lowest BCUT2D eigenvalue weighted by Crippen LogP contribution is -2.45. The highest BCUT2D eigenvalue weighted by molar-refractivity contribution is 5.97. The number of carbonyl (C=O) groups is 2. The largest absolute Gasteiger partial charge is 0.391 e. The second-order valence-electron chi connectivity index (χ2n) is 9.32. The summed E-state index contributed by atoms with van der Waals surface area (Å²) in [5.74, 6) is 0.176. The Morgan fingerprint density at radius 2 is 1.88 bits per heavy atom. The second kappa shape index (κ2) is 9.28. The van der Waals surface area contributed by atoms with E-state index in [1.165, 1.54) is 5.56 Å². The normalized spacial score (nSPS) is 18.6. The molecule has 1 aromatic heterocycles. The van der Waals surface area contributed by atoms with E-state index in [2.05, 4.69) is 18.8 Å². The van der Waals surface area contributed by atoms with E-state index < -0.39 is 11.7 Å². The first kappa shape index (κ1) is 22.3. The van der Waals surface area contributed by atoms with Crippen molar-refractivity contribution in [2.45, 2.75) is 52.2 Å². The van der Waals surface area contributed by atoms with Crippen molar-refractivity contribution >= 4 is 11.8 Å². The van der Waals surface area contributed by atoms with Gasteiger partial charge in [-0.2, -0.15) is 0 Å². The van der Waals surface area contributed by atoms with Gasteiger partial charge in [0.2, 0.25) is 0 Å².